The summed E-state index contributed by atoms with van der Waals surface area (Å²) >= 11 is 0. The highest BCUT2D eigenvalue weighted by Gasteiger charge is 2.30. The summed E-state index contributed by atoms with van der Waals surface area (Å²) in [6, 6.07) is 15.3. The largest absolute Gasteiger partial charge is 0.337 e. The second kappa shape index (κ2) is 7.68. The maximum Gasteiger partial charge on any atom is 0.253 e. The van der Waals surface area contributed by atoms with Gasteiger partial charge in [-0.3, -0.25) is 9.69 Å². The Morgan fingerprint density at radius 1 is 1.04 bits per heavy atom. The Morgan fingerprint density at radius 3 is 2.61 bits per heavy atom. The van der Waals surface area contributed by atoms with Crippen molar-refractivity contribution >= 4 is 15.7 Å². The minimum Gasteiger partial charge on any atom is -0.337 e. The number of likely N-dealkylation sites (tertiary alicyclic amines) is 1. The Labute approximate surface area is 166 Å². The number of rotatable bonds is 3. The number of hydrogen-bond donors (Lipinski definition) is 0. The van der Waals surface area contributed by atoms with Crippen LogP contribution in [0, 0.1) is 0 Å². The molecule has 148 valence electrons. The molecule has 1 amide bonds. The Bertz CT molecular complexity index is 987. The molecule has 6 heteroatoms. The summed E-state index contributed by atoms with van der Waals surface area (Å²) in [6.45, 7) is 3.38. The van der Waals surface area contributed by atoms with Gasteiger partial charge in [-0.05, 0) is 48.6 Å². The van der Waals surface area contributed by atoms with Gasteiger partial charge in [0.15, 0.2) is 9.84 Å². The summed E-state index contributed by atoms with van der Waals surface area (Å²) in [7, 11) is -3.32. The van der Waals surface area contributed by atoms with E-state index in [2.05, 4.69) is 29.2 Å². The maximum absolute atomic E-state index is 13.0. The third-order valence-corrected chi connectivity index (χ3v) is 6.98. The molecule has 0 radical (unpaired) electrons. The van der Waals surface area contributed by atoms with Gasteiger partial charge in [0.2, 0.25) is 0 Å². The lowest BCUT2D eigenvalue weighted by atomic mass is 9.96. The molecule has 0 aliphatic carbocycles. The van der Waals surface area contributed by atoms with E-state index in [1.165, 1.54) is 29.5 Å². The van der Waals surface area contributed by atoms with Crippen LogP contribution in [0.2, 0.25) is 0 Å². The van der Waals surface area contributed by atoms with Gasteiger partial charge in [0.1, 0.15) is 0 Å². The van der Waals surface area contributed by atoms with Crippen molar-refractivity contribution in [3.63, 3.8) is 0 Å². The lowest BCUT2D eigenvalue weighted by Gasteiger charge is -2.41. The van der Waals surface area contributed by atoms with Crippen molar-refractivity contribution < 1.29 is 13.2 Å². The quantitative estimate of drug-likeness (QED) is 0.798. The number of sulfone groups is 1. The summed E-state index contributed by atoms with van der Waals surface area (Å²) in [4.78, 5) is 17.6. The molecular weight excluding hydrogens is 372 g/mol. The lowest BCUT2D eigenvalue weighted by Crippen LogP contribution is -2.51. The molecule has 2 aliphatic heterocycles. The monoisotopic (exact) mass is 398 g/mol. The molecular formula is C22H26N2O3S. The molecule has 1 saturated heterocycles. The number of hydrogen-bond acceptors (Lipinski definition) is 4. The molecule has 0 N–H and O–H groups in total. The van der Waals surface area contributed by atoms with Crippen LogP contribution < -0.4 is 0 Å². The van der Waals surface area contributed by atoms with Crippen molar-refractivity contribution in [2.75, 3.05) is 25.9 Å². The topological polar surface area (TPSA) is 57.7 Å². The van der Waals surface area contributed by atoms with E-state index < -0.39 is 9.84 Å². The summed E-state index contributed by atoms with van der Waals surface area (Å²) in [6.07, 6.45) is 4.29. The van der Waals surface area contributed by atoms with Crippen LogP contribution >= 0.6 is 0 Å². The van der Waals surface area contributed by atoms with Gasteiger partial charge in [0.05, 0.1) is 4.90 Å². The predicted molar refractivity (Wildman–Crippen MR) is 109 cm³/mol. The number of piperidine rings is 1. The summed E-state index contributed by atoms with van der Waals surface area (Å²) in [5, 5.41) is 0. The van der Waals surface area contributed by atoms with Gasteiger partial charge < -0.3 is 4.90 Å². The van der Waals surface area contributed by atoms with E-state index in [1.807, 2.05) is 4.90 Å². The van der Waals surface area contributed by atoms with E-state index in [-0.39, 0.29) is 10.8 Å². The van der Waals surface area contributed by atoms with Crippen LogP contribution in [0.15, 0.2) is 53.4 Å². The van der Waals surface area contributed by atoms with Crippen molar-refractivity contribution in [2.45, 2.75) is 36.7 Å². The fourth-order valence-electron chi connectivity index (χ4n) is 4.31. The first-order valence-electron chi connectivity index (χ1n) is 9.82. The van der Waals surface area contributed by atoms with Gasteiger partial charge in [0, 0.05) is 44.0 Å². The number of amides is 1. The van der Waals surface area contributed by atoms with Crippen molar-refractivity contribution in [3.8, 4) is 0 Å². The Balaban J connectivity index is 1.48. The number of carbonyl (C=O) groups excluding carboxylic acids is 1. The molecule has 2 aromatic rings. The van der Waals surface area contributed by atoms with Crippen LogP contribution in [-0.2, 0) is 22.8 Å². The van der Waals surface area contributed by atoms with Gasteiger partial charge in [-0.15, -0.1) is 0 Å². The highest BCUT2D eigenvalue weighted by atomic mass is 32.2. The van der Waals surface area contributed by atoms with E-state index in [4.69, 9.17) is 0 Å². The van der Waals surface area contributed by atoms with E-state index >= 15 is 0 Å². The molecule has 4 rings (SSSR count). The molecule has 0 bridgehead atoms. The second-order valence-corrected chi connectivity index (χ2v) is 9.85. The summed E-state index contributed by atoms with van der Waals surface area (Å²) < 4.78 is 23.6. The second-order valence-electron chi connectivity index (χ2n) is 7.84. The molecule has 0 aromatic heterocycles. The minimum absolute atomic E-state index is 0.0763. The smallest absolute Gasteiger partial charge is 0.253 e. The standard InChI is InChI=1S/C22H26N2O3S/c1-28(26,27)21-10-4-8-18(14-21)22(25)24-12-5-9-20(16-24)23-13-11-17-6-2-3-7-19(17)15-23/h2-4,6-8,10,14,20H,5,9,11-13,15-16H2,1H3/t20-/m1/s1. The van der Waals surface area contributed by atoms with Crippen LogP contribution in [0.4, 0.5) is 0 Å². The fraction of sp³-hybridized carbons (Fsp3) is 0.409. The number of benzene rings is 2. The highest BCUT2D eigenvalue weighted by Crippen LogP contribution is 2.25. The molecule has 2 aliphatic rings. The molecule has 1 fully saturated rings. The van der Waals surface area contributed by atoms with E-state index in [9.17, 15) is 13.2 Å². The summed E-state index contributed by atoms with van der Waals surface area (Å²) in [5.41, 5.74) is 3.27. The third-order valence-electron chi connectivity index (χ3n) is 5.87. The first-order chi connectivity index (χ1) is 13.4. The van der Waals surface area contributed by atoms with Crippen LogP contribution in [0.1, 0.15) is 34.3 Å². The first-order valence-corrected chi connectivity index (χ1v) is 11.7. The minimum atomic E-state index is -3.32. The SMILES string of the molecule is CS(=O)(=O)c1cccc(C(=O)N2CCC[C@@H](N3CCc4ccccc4C3)C2)c1. The molecule has 0 unspecified atom stereocenters. The number of carbonyl (C=O) groups is 1. The van der Waals surface area contributed by atoms with E-state index in [0.717, 1.165) is 38.9 Å². The number of fused-ring (bicyclic) bond motifs is 1. The average Bonchev–Trinajstić information content (AvgIpc) is 2.72. The Hall–Kier alpha value is -2.18. The number of nitrogens with zero attached hydrogens (tertiary/aromatic N) is 2. The van der Waals surface area contributed by atoms with Crippen molar-refractivity contribution in [3.05, 3.63) is 65.2 Å². The van der Waals surface area contributed by atoms with Crippen LogP contribution in [0.3, 0.4) is 0 Å². The van der Waals surface area contributed by atoms with Crippen molar-refractivity contribution in [1.82, 2.24) is 9.80 Å². The molecule has 0 spiro atoms. The van der Waals surface area contributed by atoms with Gasteiger partial charge in [-0.1, -0.05) is 30.3 Å². The maximum atomic E-state index is 13.0. The Morgan fingerprint density at radius 2 is 1.82 bits per heavy atom. The molecule has 2 aromatic carbocycles. The highest BCUT2D eigenvalue weighted by molar-refractivity contribution is 7.90. The fourth-order valence-corrected chi connectivity index (χ4v) is 4.98. The summed E-state index contributed by atoms with van der Waals surface area (Å²) in [5.74, 6) is -0.0763. The van der Waals surface area contributed by atoms with Gasteiger partial charge in [-0.2, -0.15) is 0 Å². The Kier molecular flexibility index (Phi) is 5.25. The lowest BCUT2D eigenvalue weighted by molar-refractivity contribution is 0.0549. The van der Waals surface area contributed by atoms with Crippen LogP contribution in [-0.4, -0.2) is 56.1 Å². The molecule has 1 atom stereocenters. The van der Waals surface area contributed by atoms with Gasteiger partial charge in [0.25, 0.3) is 5.91 Å². The molecule has 2 heterocycles. The normalized spacial score (nSPS) is 20.6. The van der Waals surface area contributed by atoms with E-state index in [0.29, 0.717) is 18.2 Å². The average molecular weight is 399 g/mol. The van der Waals surface area contributed by atoms with Crippen LogP contribution in [0.5, 0.6) is 0 Å². The zero-order valence-electron chi connectivity index (χ0n) is 16.2. The predicted octanol–water partition coefficient (Wildman–Crippen LogP) is 2.75. The molecule has 28 heavy (non-hydrogen) atoms. The molecule has 5 nitrogen and oxygen atoms in total. The molecule has 0 saturated carbocycles. The zero-order valence-corrected chi connectivity index (χ0v) is 17.0. The van der Waals surface area contributed by atoms with Gasteiger partial charge in [-0.25, -0.2) is 8.42 Å². The third kappa shape index (κ3) is 3.98. The van der Waals surface area contributed by atoms with E-state index in [1.54, 1.807) is 12.1 Å². The first kappa shape index (κ1) is 19.2. The van der Waals surface area contributed by atoms with Crippen molar-refractivity contribution in [2.24, 2.45) is 0 Å². The van der Waals surface area contributed by atoms with Crippen LogP contribution in [0.25, 0.3) is 0 Å². The van der Waals surface area contributed by atoms with Crippen molar-refractivity contribution in [1.29, 1.82) is 0 Å². The van der Waals surface area contributed by atoms with Gasteiger partial charge >= 0.3 is 0 Å². The zero-order chi connectivity index (χ0) is 19.7.